The molecule has 3 N–H and O–H groups in total. The molecule has 0 aliphatic rings. The Balaban J connectivity index is 1.64. The van der Waals surface area contributed by atoms with Crippen molar-refractivity contribution in [3.05, 3.63) is 35.4 Å². The summed E-state index contributed by atoms with van der Waals surface area (Å²) in [4.78, 5) is 23.5. The summed E-state index contributed by atoms with van der Waals surface area (Å²) in [6.07, 6.45) is 1.50. The second-order valence-corrected chi connectivity index (χ2v) is 6.84. The van der Waals surface area contributed by atoms with Gasteiger partial charge < -0.3 is 19.9 Å². The van der Waals surface area contributed by atoms with Gasteiger partial charge in [0.25, 0.3) is 17.0 Å². The first-order valence-corrected chi connectivity index (χ1v) is 8.52. The molecule has 8 nitrogen and oxygen atoms in total. The largest absolute Gasteiger partial charge is 0.459 e. The van der Waals surface area contributed by atoms with Crippen molar-refractivity contribution in [3.63, 3.8) is 0 Å². The second kappa shape index (κ2) is 6.89. The normalized spacial score (nSPS) is 12.0. The zero-order valence-electron chi connectivity index (χ0n) is 12.4. The van der Waals surface area contributed by atoms with E-state index < -0.39 is 11.2 Å². The van der Waals surface area contributed by atoms with E-state index in [0.29, 0.717) is 10.8 Å². The Hall–Kier alpha value is -2.59. The lowest BCUT2D eigenvalue weighted by Gasteiger charge is -2.09. The second-order valence-electron chi connectivity index (χ2n) is 4.63. The molecule has 24 heavy (non-hydrogen) atoms. The van der Waals surface area contributed by atoms with Crippen LogP contribution in [0.4, 0.5) is 5.00 Å². The third kappa shape index (κ3) is 3.49. The molecule has 3 heterocycles. The number of nitrogens with one attached hydrogen (secondary N) is 1. The highest BCUT2D eigenvalue weighted by molar-refractivity contribution is 8.00. The Morgan fingerprint density at radius 2 is 2.21 bits per heavy atom. The molecule has 0 aliphatic heterocycles. The van der Waals surface area contributed by atoms with Gasteiger partial charge in [0.05, 0.1) is 17.1 Å². The molecular formula is C14H12N4O4S2. The van der Waals surface area contributed by atoms with Crippen LogP contribution < -0.4 is 11.1 Å². The van der Waals surface area contributed by atoms with Crippen LogP contribution in [0.1, 0.15) is 17.3 Å². The fourth-order valence-corrected chi connectivity index (χ4v) is 3.25. The molecule has 1 atom stereocenters. The summed E-state index contributed by atoms with van der Waals surface area (Å²) < 4.78 is 10.6. The Kier molecular flexibility index (Phi) is 4.67. The maximum Gasteiger partial charge on any atom is 0.284 e. The highest BCUT2D eigenvalue weighted by atomic mass is 32.2. The number of carbonyl (C=O) groups excluding carboxylic acids is 2. The monoisotopic (exact) mass is 364 g/mol. The molecule has 10 heteroatoms. The van der Waals surface area contributed by atoms with Gasteiger partial charge in [0.2, 0.25) is 5.91 Å². The molecule has 0 spiro atoms. The smallest absolute Gasteiger partial charge is 0.284 e. The van der Waals surface area contributed by atoms with Gasteiger partial charge in [-0.25, -0.2) is 0 Å². The first-order chi connectivity index (χ1) is 11.5. The number of primary amides is 1. The van der Waals surface area contributed by atoms with E-state index in [1.165, 1.54) is 17.6 Å². The van der Waals surface area contributed by atoms with Crippen LogP contribution in [0.15, 0.2) is 43.9 Å². The molecule has 0 bridgehead atoms. The van der Waals surface area contributed by atoms with Crippen LogP contribution in [0.2, 0.25) is 0 Å². The van der Waals surface area contributed by atoms with Gasteiger partial charge in [0.1, 0.15) is 5.00 Å². The lowest BCUT2D eigenvalue weighted by molar-refractivity contribution is -0.115. The number of anilines is 1. The molecule has 0 aromatic carbocycles. The molecule has 0 radical (unpaired) electrons. The molecule has 0 fully saturated rings. The molecule has 0 aliphatic carbocycles. The number of thiophene rings is 1. The minimum atomic E-state index is -0.591. The topological polar surface area (TPSA) is 124 Å². The third-order valence-electron chi connectivity index (χ3n) is 2.95. The average Bonchev–Trinajstić information content (AvgIpc) is 3.28. The maximum atomic E-state index is 12.2. The van der Waals surface area contributed by atoms with Gasteiger partial charge in [-0.3, -0.25) is 9.59 Å². The zero-order valence-corrected chi connectivity index (χ0v) is 14.0. The molecule has 0 unspecified atom stereocenters. The Morgan fingerprint density at radius 1 is 1.38 bits per heavy atom. The summed E-state index contributed by atoms with van der Waals surface area (Å²) in [6.45, 7) is 1.69. The van der Waals surface area contributed by atoms with Gasteiger partial charge in [0, 0.05) is 0 Å². The quantitative estimate of drug-likeness (QED) is 0.644. The Bertz CT molecular complexity index is 856. The number of nitrogens with two attached hydrogens (primary N) is 1. The fourth-order valence-electron chi connectivity index (χ4n) is 1.78. The summed E-state index contributed by atoms with van der Waals surface area (Å²) in [5.74, 6) is -0.199. The zero-order chi connectivity index (χ0) is 17.1. The fraction of sp³-hybridized carbons (Fsp3) is 0.143. The van der Waals surface area contributed by atoms with Crippen molar-refractivity contribution < 1.29 is 18.4 Å². The van der Waals surface area contributed by atoms with Gasteiger partial charge in [-0.1, -0.05) is 11.8 Å². The molecule has 0 saturated heterocycles. The van der Waals surface area contributed by atoms with E-state index in [1.54, 1.807) is 30.5 Å². The van der Waals surface area contributed by atoms with E-state index in [2.05, 4.69) is 15.5 Å². The molecule has 2 amide bonds. The standard InChI is InChI=1S/C14H12N4O4S2/c1-7(11(20)16-13-8(10(15)19)4-6-23-13)24-14-18-17-12(22-14)9-3-2-5-21-9/h2-7H,1H3,(H2,15,19)(H,16,20)/t7-/m1/s1. The van der Waals surface area contributed by atoms with Crippen LogP contribution in [0.3, 0.4) is 0 Å². The first-order valence-electron chi connectivity index (χ1n) is 6.77. The van der Waals surface area contributed by atoms with Gasteiger partial charge in [-0.05, 0) is 30.5 Å². The highest BCUT2D eigenvalue weighted by Gasteiger charge is 2.21. The van der Waals surface area contributed by atoms with Crippen LogP contribution in [0.5, 0.6) is 0 Å². The summed E-state index contributed by atoms with van der Waals surface area (Å²) in [7, 11) is 0. The van der Waals surface area contributed by atoms with Gasteiger partial charge in [-0.15, -0.1) is 21.5 Å². The number of aromatic nitrogens is 2. The molecular weight excluding hydrogens is 352 g/mol. The van der Waals surface area contributed by atoms with E-state index >= 15 is 0 Å². The van der Waals surface area contributed by atoms with Crippen LogP contribution >= 0.6 is 23.1 Å². The van der Waals surface area contributed by atoms with Crippen molar-refractivity contribution >= 4 is 39.9 Å². The number of nitrogens with zero attached hydrogens (tertiary/aromatic N) is 2. The van der Waals surface area contributed by atoms with E-state index in [-0.39, 0.29) is 22.6 Å². The van der Waals surface area contributed by atoms with E-state index in [4.69, 9.17) is 14.6 Å². The number of furan rings is 1. The van der Waals surface area contributed by atoms with Crippen LogP contribution in [0, 0.1) is 0 Å². The molecule has 0 saturated carbocycles. The Labute approximate surface area is 144 Å². The lowest BCUT2D eigenvalue weighted by Crippen LogP contribution is -2.23. The number of hydrogen-bond donors (Lipinski definition) is 2. The van der Waals surface area contributed by atoms with E-state index in [9.17, 15) is 9.59 Å². The molecule has 124 valence electrons. The van der Waals surface area contributed by atoms with Gasteiger partial charge in [0.15, 0.2) is 5.76 Å². The third-order valence-corrected chi connectivity index (χ3v) is 4.72. The average molecular weight is 364 g/mol. The summed E-state index contributed by atoms with van der Waals surface area (Å²) in [6, 6.07) is 4.97. The van der Waals surface area contributed by atoms with Gasteiger partial charge >= 0.3 is 0 Å². The predicted octanol–water partition coefficient (Wildman–Crippen LogP) is 2.61. The van der Waals surface area contributed by atoms with Crippen LogP contribution in [0.25, 0.3) is 11.7 Å². The summed E-state index contributed by atoms with van der Waals surface area (Å²) in [5, 5.41) is 12.2. The van der Waals surface area contributed by atoms with Crippen molar-refractivity contribution in [2.75, 3.05) is 5.32 Å². The van der Waals surface area contributed by atoms with Crippen LogP contribution in [-0.2, 0) is 4.79 Å². The van der Waals surface area contributed by atoms with Crippen LogP contribution in [-0.4, -0.2) is 27.3 Å². The van der Waals surface area contributed by atoms with Gasteiger partial charge in [-0.2, -0.15) is 0 Å². The van der Waals surface area contributed by atoms with E-state index in [1.807, 2.05) is 0 Å². The van der Waals surface area contributed by atoms with Crippen molar-refractivity contribution in [1.82, 2.24) is 10.2 Å². The van der Waals surface area contributed by atoms with Crippen molar-refractivity contribution in [2.24, 2.45) is 5.73 Å². The minimum Gasteiger partial charge on any atom is -0.459 e. The SMILES string of the molecule is C[C@@H](Sc1nnc(-c2ccco2)o1)C(=O)Nc1sccc1C(N)=O. The minimum absolute atomic E-state index is 0.240. The number of carbonyl (C=O) groups is 2. The number of hydrogen-bond acceptors (Lipinski definition) is 8. The highest BCUT2D eigenvalue weighted by Crippen LogP contribution is 2.28. The first kappa shape index (κ1) is 16.3. The number of amides is 2. The van der Waals surface area contributed by atoms with Crippen molar-refractivity contribution in [2.45, 2.75) is 17.4 Å². The molecule has 3 aromatic rings. The number of thioether (sulfide) groups is 1. The molecule has 3 rings (SSSR count). The van der Waals surface area contributed by atoms with E-state index in [0.717, 1.165) is 11.8 Å². The number of rotatable bonds is 6. The van der Waals surface area contributed by atoms with Crippen molar-refractivity contribution in [1.29, 1.82) is 0 Å². The lowest BCUT2D eigenvalue weighted by atomic mass is 10.3. The Morgan fingerprint density at radius 3 is 2.92 bits per heavy atom. The maximum absolute atomic E-state index is 12.2. The summed E-state index contributed by atoms with van der Waals surface area (Å²) >= 11 is 2.33. The van der Waals surface area contributed by atoms with Crippen molar-refractivity contribution in [3.8, 4) is 11.7 Å². The summed E-state index contributed by atoms with van der Waals surface area (Å²) in [5.41, 5.74) is 5.53. The predicted molar refractivity (Wildman–Crippen MR) is 88.8 cm³/mol. The molecule has 3 aromatic heterocycles.